The summed E-state index contributed by atoms with van der Waals surface area (Å²) in [5.41, 5.74) is 13.2. The Bertz CT molecular complexity index is 3090. The maximum Gasteiger partial charge on any atom is 0.344 e. The van der Waals surface area contributed by atoms with Gasteiger partial charge < -0.3 is 79.2 Å². The van der Waals surface area contributed by atoms with Crippen LogP contribution in [-0.2, 0) is 67.6 Å². The SMILES string of the molecule is CCC(=O)NCCNC(=O)/N=C(/N)NCCC[C@@H](NC(=O)[C@H](c1ccc(OCCCNC(=O)[C@@H](CC(N)=O)NC(=O)CCNC(=O)CN2CCN(CC(=O)O)CCN(CC(=O)O)CCN(CC(=O)O)CC2)cc1)N1Cc2ccccc2C1)C(=O)NCc1c(F)cc(O)cc1F. The maximum absolute atomic E-state index is 14.8. The summed E-state index contributed by atoms with van der Waals surface area (Å²) in [6.45, 7) is 2.27. The number of carboxylic acids is 3. The average Bonchev–Trinajstić information content (AvgIpc) is 1.70. The molecule has 3 aromatic rings. The Morgan fingerprint density at radius 1 is 0.579 bits per heavy atom. The smallest absolute Gasteiger partial charge is 0.344 e. The third kappa shape index (κ3) is 28.2. The summed E-state index contributed by atoms with van der Waals surface area (Å²) in [6.07, 6.45) is -0.234. The second-order valence-electron chi connectivity index (χ2n) is 22.5. The summed E-state index contributed by atoms with van der Waals surface area (Å²) in [5.74, 6) is -10.5. The van der Waals surface area contributed by atoms with Crippen molar-refractivity contribution in [3.8, 4) is 11.5 Å². The summed E-state index contributed by atoms with van der Waals surface area (Å²) in [7, 11) is 0. The van der Waals surface area contributed by atoms with E-state index in [1.54, 1.807) is 50.8 Å². The second-order valence-corrected chi connectivity index (χ2v) is 22.5. The number of amides is 9. The van der Waals surface area contributed by atoms with Gasteiger partial charge in [-0.25, -0.2) is 13.6 Å². The first-order chi connectivity index (χ1) is 45.3. The molecular weight excluding hydrogens is 1250 g/mol. The fourth-order valence-electron chi connectivity index (χ4n) is 10.2. The molecule has 2 aliphatic heterocycles. The number of aliphatic imine (C=N–C) groups is 1. The van der Waals surface area contributed by atoms with E-state index in [0.717, 1.165) is 11.1 Å². The number of carbonyl (C=O) groups is 11. The predicted molar refractivity (Wildman–Crippen MR) is 337 cm³/mol. The van der Waals surface area contributed by atoms with Gasteiger partial charge in [-0.05, 0) is 48.1 Å². The Balaban J connectivity index is 1.15. The van der Waals surface area contributed by atoms with Crippen molar-refractivity contribution >= 4 is 71.2 Å². The second kappa shape index (κ2) is 39.8. The number of aromatic hydroxyl groups is 1. The van der Waals surface area contributed by atoms with Gasteiger partial charge in [0.15, 0.2) is 5.96 Å². The molecule has 32 nitrogen and oxygen atoms in total. The van der Waals surface area contributed by atoms with Crippen molar-refractivity contribution in [2.24, 2.45) is 16.5 Å². The lowest BCUT2D eigenvalue weighted by Crippen LogP contribution is -2.50. The van der Waals surface area contributed by atoms with Crippen LogP contribution in [0, 0.1) is 11.6 Å². The number of rotatable bonds is 35. The molecule has 1 saturated heterocycles. The maximum atomic E-state index is 14.8. The van der Waals surface area contributed by atoms with Crippen LogP contribution in [0.25, 0.3) is 0 Å². The first-order valence-electron chi connectivity index (χ1n) is 30.9. The van der Waals surface area contributed by atoms with Gasteiger partial charge in [0.25, 0.3) is 0 Å². The summed E-state index contributed by atoms with van der Waals surface area (Å²) in [6, 6.07) is 11.1. The average molecular weight is 1340 g/mol. The Morgan fingerprint density at radius 3 is 1.63 bits per heavy atom. The first kappa shape index (κ1) is 76.1. The molecule has 0 unspecified atom stereocenters. The van der Waals surface area contributed by atoms with Gasteiger partial charge >= 0.3 is 23.9 Å². The van der Waals surface area contributed by atoms with Gasteiger partial charge in [-0.15, -0.1) is 0 Å². The van der Waals surface area contributed by atoms with Gasteiger partial charge in [0.05, 0.1) is 39.2 Å². The number of carboxylic acid groups (broad SMARTS) is 3. The Morgan fingerprint density at radius 2 is 1.09 bits per heavy atom. The fourth-order valence-corrected chi connectivity index (χ4v) is 10.2. The third-order valence-corrected chi connectivity index (χ3v) is 15.1. The molecule has 95 heavy (non-hydrogen) atoms. The summed E-state index contributed by atoms with van der Waals surface area (Å²) >= 11 is 0. The number of aliphatic carboxylic acids is 3. The zero-order valence-corrected chi connectivity index (χ0v) is 52.9. The number of phenols is 1. The van der Waals surface area contributed by atoms with Gasteiger partial charge in [-0.1, -0.05) is 43.3 Å². The lowest BCUT2D eigenvalue weighted by atomic mass is 10.0. The van der Waals surface area contributed by atoms with Crippen LogP contribution in [0.1, 0.15) is 73.7 Å². The normalized spacial score (nSPS) is 15.4. The molecule has 5 rings (SSSR count). The highest BCUT2D eigenvalue weighted by Crippen LogP contribution is 2.33. The molecule has 0 spiro atoms. The van der Waals surface area contributed by atoms with Gasteiger partial charge in [0.2, 0.25) is 41.4 Å². The molecule has 0 bridgehead atoms. The number of nitrogens with two attached hydrogens (primary N) is 2. The number of phenolic OH excluding ortho intramolecular Hbond substituents is 1. The molecule has 0 aromatic heterocycles. The minimum atomic E-state index is -1.37. The van der Waals surface area contributed by atoms with Crippen LogP contribution in [0.15, 0.2) is 65.7 Å². The Labute approximate surface area is 546 Å². The molecule has 520 valence electrons. The molecule has 1 fully saturated rings. The van der Waals surface area contributed by atoms with E-state index in [-0.39, 0.29) is 162 Å². The van der Waals surface area contributed by atoms with Crippen LogP contribution >= 0.6 is 0 Å². The molecule has 3 aromatic carbocycles. The highest BCUT2D eigenvalue weighted by molar-refractivity contribution is 5.93. The molecule has 16 N–H and O–H groups in total. The van der Waals surface area contributed by atoms with Crippen LogP contribution < -0.4 is 58.7 Å². The van der Waals surface area contributed by atoms with Crippen molar-refractivity contribution in [2.45, 2.75) is 83.2 Å². The lowest BCUT2D eigenvalue weighted by molar-refractivity contribution is -0.140. The molecule has 3 atom stereocenters. The van der Waals surface area contributed by atoms with E-state index >= 15 is 0 Å². The van der Waals surface area contributed by atoms with Crippen LogP contribution in [0.3, 0.4) is 0 Å². The van der Waals surface area contributed by atoms with Crippen molar-refractivity contribution in [1.82, 2.24) is 67.0 Å². The number of fused-ring (bicyclic) bond motifs is 1. The zero-order chi connectivity index (χ0) is 69.4. The molecule has 0 aliphatic carbocycles. The van der Waals surface area contributed by atoms with Crippen LogP contribution in [-0.4, -0.2) is 246 Å². The van der Waals surface area contributed by atoms with E-state index < -0.39 is 113 Å². The molecular formula is C61H86F2N16O16. The van der Waals surface area contributed by atoms with E-state index in [1.165, 1.54) is 0 Å². The zero-order valence-electron chi connectivity index (χ0n) is 52.9. The Hall–Kier alpha value is -9.64. The number of halogens is 2. The summed E-state index contributed by atoms with van der Waals surface area (Å²) in [5, 5.41) is 59.1. The van der Waals surface area contributed by atoms with E-state index in [1.807, 2.05) is 29.2 Å². The van der Waals surface area contributed by atoms with E-state index in [9.17, 15) is 81.9 Å². The molecule has 0 radical (unpaired) electrons. The minimum absolute atomic E-state index is 0.0294. The van der Waals surface area contributed by atoms with Crippen molar-refractivity contribution in [2.75, 3.05) is 118 Å². The largest absolute Gasteiger partial charge is 0.508 e. The summed E-state index contributed by atoms with van der Waals surface area (Å²) < 4.78 is 35.5. The number of ether oxygens (including phenoxy) is 1. The summed E-state index contributed by atoms with van der Waals surface area (Å²) in [4.78, 5) is 151. The van der Waals surface area contributed by atoms with Gasteiger partial charge in [-0.2, -0.15) is 4.99 Å². The molecule has 2 aliphatic rings. The highest BCUT2D eigenvalue weighted by atomic mass is 19.1. The van der Waals surface area contributed by atoms with Crippen molar-refractivity contribution in [1.29, 1.82) is 0 Å². The molecule has 0 saturated carbocycles. The van der Waals surface area contributed by atoms with Crippen LogP contribution in [0.5, 0.6) is 11.5 Å². The van der Waals surface area contributed by atoms with Crippen molar-refractivity contribution in [3.63, 3.8) is 0 Å². The highest BCUT2D eigenvalue weighted by Gasteiger charge is 2.35. The lowest BCUT2D eigenvalue weighted by Gasteiger charge is -2.32. The quantitative estimate of drug-likeness (QED) is 0.0167. The van der Waals surface area contributed by atoms with Crippen LogP contribution in [0.4, 0.5) is 13.6 Å². The topological polar surface area (TPSA) is 455 Å². The van der Waals surface area contributed by atoms with Gasteiger partial charge in [-0.3, -0.25) is 72.4 Å². The number of nitrogens with zero attached hydrogens (tertiary/aromatic N) is 6. The van der Waals surface area contributed by atoms with Crippen molar-refractivity contribution < 1.29 is 86.7 Å². The number of carbonyl (C=O) groups excluding carboxylic acids is 8. The monoisotopic (exact) mass is 1340 g/mol. The number of nitrogens with one attached hydrogen (secondary N) is 8. The number of urea groups is 1. The molecule has 2 heterocycles. The van der Waals surface area contributed by atoms with Crippen molar-refractivity contribution in [3.05, 3.63) is 94.6 Å². The number of hydrogen-bond acceptors (Lipinski definition) is 18. The third-order valence-electron chi connectivity index (χ3n) is 15.1. The molecule has 34 heteroatoms. The fraction of sp³-hybridized carbons (Fsp3) is 0.508. The van der Waals surface area contributed by atoms with E-state index in [0.29, 0.717) is 36.5 Å². The van der Waals surface area contributed by atoms with E-state index in [2.05, 4.69) is 47.5 Å². The first-order valence-corrected chi connectivity index (χ1v) is 30.9. The van der Waals surface area contributed by atoms with E-state index in [4.69, 9.17) is 16.2 Å². The van der Waals surface area contributed by atoms with Gasteiger partial charge in [0, 0.05) is 135 Å². The minimum Gasteiger partial charge on any atom is -0.508 e. The number of benzene rings is 3. The number of primary amides is 1. The van der Waals surface area contributed by atoms with Crippen LogP contribution in [0.2, 0.25) is 0 Å². The number of guanidine groups is 1. The standard InChI is InChI=1S/C61H86F2N16O16/c1-2-50(82)67-18-19-70-61(94)74-60(65)69-15-5-9-47(57(91)71-32-44-45(62)29-42(80)30-46(44)63)73-59(93)56(79-33-40-7-3-4-8-41(40)34-79)39-10-12-43(13-11-39)95-28-6-16-68-58(92)48(31-49(64)81)72-51(83)14-17-66-52(84)35-75-20-22-76(36-53(85)86)24-26-78(38-55(89)90)27-25-77(23-21-75)37-54(87)88/h3-4,7-8,10-13,29-30,47-48,56,80H,2,5-6,9,14-28,31-38H2,1H3,(H2,64,81)(H,66,84)(H,67,82)(H,68,92)(H,71,91)(H,72,83)(H,73,93)(H,85,86)(H,87,88)(H,89,90)(H4,65,69,70,74,94)/t47-,48-,56+/m1/s1. The predicted octanol–water partition coefficient (Wildman–Crippen LogP) is -2.32. The number of hydrogen-bond donors (Lipinski definition) is 14. The Kier molecular flexibility index (Phi) is 31.9. The molecule has 9 amide bonds. The van der Waals surface area contributed by atoms with Gasteiger partial charge in [0.1, 0.15) is 41.3 Å².